The number of nitrogens with one attached hydrogen (secondary N) is 1. The van der Waals surface area contributed by atoms with Gasteiger partial charge in [0.2, 0.25) is 0 Å². The monoisotopic (exact) mass is 498 g/mol. The summed E-state index contributed by atoms with van der Waals surface area (Å²) in [7, 11) is -4.32. The molecule has 36 heavy (non-hydrogen) atoms. The van der Waals surface area contributed by atoms with Crippen molar-refractivity contribution in [3.63, 3.8) is 0 Å². The lowest BCUT2D eigenvalue weighted by molar-refractivity contribution is 0.361. The van der Waals surface area contributed by atoms with E-state index >= 15 is 0 Å². The van der Waals surface area contributed by atoms with Gasteiger partial charge in [0.05, 0.1) is 10.9 Å². The van der Waals surface area contributed by atoms with E-state index in [-0.39, 0.29) is 16.9 Å². The van der Waals surface area contributed by atoms with Crippen LogP contribution in [0, 0.1) is 6.92 Å². The minimum absolute atomic E-state index is 0.277. The maximum Gasteiger partial charge on any atom is 0.458 e. The molecule has 5 rings (SSSR count). The summed E-state index contributed by atoms with van der Waals surface area (Å²) in [6.07, 6.45) is 0. The summed E-state index contributed by atoms with van der Waals surface area (Å²) < 4.78 is 27.9. The molecule has 0 fully saturated rings. The number of hydrogen-bond acceptors (Lipinski definition) is 5. The third-order valence-corrected chi connectivity index (χ3v) is 7.77. The molecule has 0 aliphatic rings. The van der Waals surface area contributed by atoms with E-state index in [0.29, 0.717) is 11.1 Å². The molecule has 180 valence electrons. The fraction of sp³-hybridized carbons (Fsp3) is 0.0714. The van der Waals surface area contributed by atoms with Crippen molar-refractivity contribution >= 4 is 18.5 Å². The van der Waals surface area contributed by atoms with Crippen LogP contribution in [-0.2, 0) is 4.57 Å². The fourth-order valence-corrected chi connectivity index (χ4v) is 6.08. The van der Waals surface area contributed by atoms with Gasteiger partial charge in [-0.15, -0.1) is 0 Å². The summed E-state index contributed by atoms with van der Waals surface area (Å²) in [6.45, 7) is 1.91. The second kappa shape index (κ2) is 9.72. The SMILES string of the molecule is Cc1ccc(C(n2c(=O)[nH]c3ccccc3c2=O)P(=O)(Oc2ccccc2)Oc2ccccc2)cc1. The summed E-state index contributed by atoms with van der Waals surface area (Å²) in [5.74, 6) is -0.822. The first-order valence-corrected chi connectivity index (χ1v) is 12.9. The van der Waals surface area contributed by atoms with Crippen LogP contribution in [0.15, 0.2) is 119 Å². The number of aromatic nitrogens is 2. The third-order valence-electron chi connectivity index (χ3n) is 5.71. The second-order valence-electron chi connectivity index (χ2n) is 8.28. The van der Waals surface area contributed by atoms with Crippen molar-refractivity contribution in [1.29, 1.82) is 0 Å². The van der Waals surface area contributed by atoms with Crippen LogP contribution in [0.3, 0.4) is 0 Å². The van der Waals surface area contributed by atoms with Crippen molar-refractivity contribution in [2.24, 2.45) is 0 Å². The maximum absolute atomic E-state index is 14.8. The van der Waals surface area contributed by atoms with Gasteiger partial charge >= 0.3 is 13.3 Å². The molecule has 0 saturated heterocycles. The van der Waals surface area contributed by atoms with Crippen LogP contribution in [-0.4, -0.2) is 9.55 Å². The molecule has 1 aromatic heterocycles. The molecule has 8 heteroatoms. The van der Waals surface area contributed by atoms with E-state index in [0.717, 1.165) is 10.1 Å². The summed E-state index contributed by atoms with van der Waals surface area (Å²) in [4.78, 5) is 29.8. The average Bonchev–Trinajstić information content (AvgIpc) is 2.88. The zero-order valence-corrected chi connectivity index (χ0v) is 20.3. The van der Waals surface area contributed by atoms with Gasteiger partial charge < -0.3 is 14.0 Å². The Morgan fingerprint density at radius 3 is 1.83 bits per heavy atom. The Morgan fingerprint density at radius 1 is 0.722 bits per heavy atom. The van der Waals surface area contributed by atoms with E-state index < -0.39 is 24.6 Å². The van der Waals surface area contributed by atoms with Gasteiger partial charge in [-0.2, -0.15) is 0 Å². The first-order chi connectivity index (χ1) is 17.4. The molecule has 5 aromatic rings. The van der Waals surface area contributed by atoms with E-state index in [1.807, 2.05) is 19.1 Å². The molecule has 0 radical (unpaired) electrons. The van der Waals surface area contributed by atoms with E-state index in [1.54, 1.807) is 97.1 Å². The predicted molar refractivity (Wildman–Crippen MR) is 140 cm³/mol. The Hall–Kier alpha value is -4.35. The number of aromatic amines is 1. The molecule has 0 spiro atoms. The topological polar surface area (TPSA) is 90.4 Å². The number of para-hydroxylation sites is 3. The van der Waals surface area contributed by atoms with Crippen molar-refractivity contribution < 1.29 is 13.6 Å². The van der Waals surface area contributed by atoms with Gasteiger partial charge in [-0.3, -0.25) is 4.79 Å². The maximum atomic E-state index is 14.8. The van der Waals surface area contributed by atoms with E-state index in [2.05, 4.69) is 4.98 Å². The van der Waals surface area contributed by atoms with Crippen molar-refractivity contribution in [3.05, 3.63) is 141 Å². The van der Waals surface area contributed by atoms with Crippen LogP contribution in [0.1, 0.15) is 16.9 Å². The number of rotatable bonds is 7. The highest BCUT2D eigenvalue weighted by atomic mass is 31.2. The van der Waals surface area contributed by atoms with Crippen molar-refractivity contribution in [2.45, 2.75) is 12.7 Å². The summed E-state index contributed by atoms with van der Waals surface area (Å²) in [5.41, 5.74) is 0.444. The van der Waals surface area contributed by atoms with E-state index in [9.17, 15) is 14.2 Å². The zero-order valence-electron chi connectivity index (χ0n) is 19.4. The lowest BCUT2D eigenvalue weighted by Gasteiger charge is -2.28. The van der Waals surface area contributed by atoms with Crippen molar-refractivity contribution in [2.75, 3.05) is 0 Å². The number of H-pyrrole nitrogens is 1. The Bertz CT molecular complexity index is 1620. The molecular weight excluding hydrogens is 475 g/mol. The van der Waals surface area contributed by atoms with Gasteiger partial charge in [0.25, 0.3) is 5.56 Å². The standard InChI is InChI=1S/C28H23N2O5P/c1-20-16-18-21(19-17-20)27(30-26(31)24-14-8-9-15-25(24)29-28(30)32)36(33,34-22-10-4-2-5-11-22)35-23-12-6-3-7-13-23/h2-19,27H,1H3,(H,29,32). The Kier molecular flexibility index (Phi) is 6.32. The Labute approximate surface area is 207 Å². The average molecular weight is 498 g/mol. The number of nitrogens with zero attached hydrogens (tertiary/aromatic N) is 1. The summed E-state index contributed by atoms with van der Waals surface area (Å²) in [5, 5.41) is 0.278. The third kappa shape index (κ3) is 4.61. The van der Waals surface area contributed by atoms with Gasteiger partial charge in [-0.1, -0.05) is 78.4 Å². The highest BCUT2D eigenvalue weighted by Gasteiger charge is 2.44. The number of hydrogen-bond donors (Lipinski definition) is 1. The predicted octanol–water partition coefficient (Wildman–Crippen LogP) is 5.90. The zero-order chi connectivity index (χ0) is 25.1. The number of benzene rings is 4. The van der Waals surface area contributed by atoms with Crippen LogP contribution >= 0.6 is 7.60 Å². The molecule has 0 aliphatic heterocycles. The highest BCUT2D eigenvalue weighted by Crippen LogP contribution is 2.60. The molecule has 0 saturated carbocycles. The molecule has 0 aliphatic carbocycles. The van der Waals surface area contributed by atoms with Gasteiger partial charge in [-0.05, 0) is 48.9 Å². The minimum atomic E-state index is -4.32. The highest BCUT2D eigenvalue weighted by molar-refractivity contribution is 7.55. The molecule has 1 N–H and O–H groups in total. The Balaban J connectivity index is 1.79. The molecule has 1 heterocycles. The molecular formula is C28H23N2O5P. The first kappa shape index (κ1) is 23.4. The second-order valence-corrected chi connectivity index (χ2v) is 10.2. The van der Waals surface area contributed by atoms with Crippen LogP contribution in [0.4, 0.5) is 0 Å². The summed E-state index contributed by atoms with van der Waals surface area (Å²) >= 11 is 0. The molecule has 0 bridgehead atoms. The number of fused-ring (bicyclic) bond motifs is 1. The van der Waals surface area contributed by atoms with Crippen molar-refractivity contribution in [1.82, 2.24) is 9.55 Å². The van der Waals surface area contributed by atoms with Gasteiger partial charge in [0.15, 0.2) is 5.78 Å². The quantitative estimate of drug-likeness (QED) is 0.282. The van der Waals surface area contributed by atoms with Crippen LogP contribution in [0.2, 0.25) is 0 Å². The molecule has 1 atom stereocenters. The normalized spacial score (nSPS) is 12.2. The van der Waals surface area contributed by atoms with E-state index in [1.165, 1.54) is 0 Å². The lowest BCUT2D eigenvalue weighted by Crippen LogP contribution is -2.39. The molecule has 4 aromatic carbocycles. The fourth-order valence-electron chi connectivity index (χ4n) is 3.98. The van der Waals surface area contributed by atoms with Gasteiger partial charge in [0, 0.05) is 0 Å². The van der Waals surface area contributed by atoms with Gasteiger partial charge in [-0.25, -0.2) is 13.9 Å². The van der Waals surface area contributed by atoms with Crippen LogP contribution in [0.25, 0.3) is 10.9 Å². The van der Waals surface area contributed by atoms with Gasteiger partial charge in [0.1, 0.15) is 11.5 Å². The Morgan fingerprint density at radius 2 is 1.25 bits per heavy atom. The summed E-state index contributed by atoms with van der Waals surface area (Å²) in [6, 6.07) is 30.8. The molecule has 0 amide bonds. The van der Waals surface area contributed by atoms with Crippen LogP contribution in [0.5, 0.6) is 11.5 Å². The van der Waals surface area contributed by atoms with Crippen LogP contribution < -0.4 is 20.3 Å². The largest absolute Gasteiger partial charge is 0.458 e. The minimum Gasteiger partial charge on any atom is -0.414 e. The molecule has 1 unspecified atom stereocenters. The lowest BCUT2D eigenvalue weighted by atomic mass is 10.1. The smallest absolute Gasteiger partial charge is 0.414 e. The van der Waals surface area contributed by atoms with E-state index in [4.69, 9.17) is 9.05 Å². The molecule has 7 nitrogen and oxygen atoms in total. The number of aryl methyl sites for hydroxylation is 1. The van der Waals surface area contributed by atoms with Crippen molar-refractivity contribution in [3.8, 4) is 11.5 Å². The first-order valence-electron chi connectivity index (χ1n) is 11.3.